The maximum Gasteiger partial charge on any atom is 0.200 e. The Bertz CT molecular complexity index is 2480. The van der Waals surface area contributed by atoms with Crippen LogP contribution in [0.2, 0.25) is 0 Å². The molecule has 0 fully saturated rings. The number of nitrogens with zero attached hydrogens (tertiary/aromatic N) is 8. The average Bonchev–Trinajstić information content (AvgIpc) is 3.99. The highest BCUT2D eigenvalue weighted by Crippen LogP contribution is 2.30. The topological polar surface area (TPSA) is 96.1 Å². The molecule has 1 aliphatic heterocycles. The van der Waals surface area contributed by atoms with Gasteiger partial charge in [-0.1, -0.05) is 0 Å². The fourth-order valence-electron chi connectivity index (χ4n) is 7.25. The van der Waals surface area contributed by atoms with Crippen molar-refractivity contribution in [2.24, 2.45) is 0 Å². The van der Waals surface area contributed by atoms with E-state index in [4.69, 9.17) is 0 Å². The van der Waals surface area contributed by atoms with Gasteiger partial charge in [-0.05, 0) is 0 Å². The Balaban J connectivity index is 1.32. The number of rotatable bonds is 8. The molecule has 0 radical (unpaired) electrons. The zero-order chi connectivity index (χ0) is 51.2. The minimum absolute atomic E-state index is 0.367. The molecule has 0 unspecified atom stereocenters. The summed E-state index contributed by atoms with van der Waals surface area (Å²) < 4.78 is 291. The lowest BCUT2D eigenvalue weighted by Crippen LogP contribution is -2.36. The zero-order valence-electron chi connectivity index (χ0n) is 34.6. The van der Waals surface area contributed by atoms with Crippen LogP contribution in [0.5, 0.6) is 0 Å². The molecule has 7 rings (SSSR count). The number of H-pyrrole nitrogens is 2. The predicted molar refractivity (Wildman–Crippen MR) is 194 cm³/mol. The molecule has 10 nitrogen and oxygen atoms in total. The van der Waals surface area contributed by atoms with E-state index in [1.165, 1.54) is 0 Å². The lowest BCUT2D eigenvalue weighted by Gasteiger charge is -2.28. The van der Waals surface area contributed by atoms with Crippen molar-refractivity contribution in [3.05, 3.63) is 162 Å². The van der Waals surface area contributed by atoms with Gasteiger partial charge in [0.15, 0.2) is 105 Å². The van der Waals surface area contributed by atoms with Gasteiger partial charge in [0, 0.05) is 74.6 Å². The second-order valence-electron chi connectivity index (χ2n) is 15.4. The third kappa shape index (κ3) is 10.1. The summed E-state index contributed by atoms with van der Waals surface area (Å²) in [6.07, 6.45) is 0. The smallest absolute Gasteiger partial charge is 0.200 e. The van der Waals surface area contributed by atoms with Crippen LogP contribution in [0.1, 0.15) is 45.6 Å². The van der Waals surface area contributed by atoms with Crippen molar-refractivity contribution in [1.82, 2.24) is 50.0 Å². The number of aromatic amines is 2. The van der Waals surface area contributed by atoms with Crippen LogP contribution in [-0.4, -0.2) is 76.1 Å². The van der Waals surface area contributed by atoms with Crippen molar-refractivity contribution in [1.29, 1.82) is 0 Å². The van der Waals surface area contributed by atoms with Gasteiger partial charge in [0.1, 0.15) is 11.6 Å². The minimum Gasteiger partial charge on any atom is -0.290 e. The molecule has 3 heterocycles. The summed E-state index contributed by atoms with van der Waals surface area (Å²) in [4.78, 5) is 11.8. The summed E-state index contributed by atoms with van der Waals surface area (Å²) in [5.74, 6) is -49.2. The van der Waals surface area contributed by atoms with Crippen LogP contribution >= 0.6 is 0 Å². The van der Waals surface area contributed by atoms with Gasteiger partial charge < -0.3 is 0 Å². The predicted octanol–water partition coefficient (Wildman–Crippen LogP) is 8.43. The van der Waals surface area contributed by atoms with E-state index >= 15 is 35.1 Å². The first-order valence-electron chi connectivity index (χ1n) is 19.7. The Labute approximate surface area is 378 Å². The summed E-state index contributed by atoms with van der Waals surface area (Å²) in [6, 6.07) is 0. The van der Waals surface area contributed by atoms with Gasteiger partial charge in [0.2, 0.25) is 23.3 Å². The SMILES string of the molecule is Fc1c(F)c(F)c(CN2CCN(Cc3c(F)c(F)c(F)c(F)c3F)Cc3nc(n[nH]3)CN(Cc3c(F)c(F)c(F)c(F)c3F)CCN(Cc3c(F)c(F)c(F)c(F)c3F)Cc3nc(n[nH]3)C2)c(F)c1F. The zero-order valence-corrected chi connectivity index (χ0v) is 34.6. The number of aromatic nitrogens is 6. The average molecular weight is 1030 g/mol. The van der Waals surface area contributed by atoms with Crippen LogP contribution in [0.15, 0.2) is 0 Å². The third-order valence-corrected chi connectivity index (χ3v) is 10.8. The van der Waals surface area contributed by atoms with E-state index in [-0.39, 0.29) is 11.6 Å². The van der Waals surface area contributed by atoms with Gasteiger partial charge in [-0.3, -0.25) is 29.8 Å². The quantitative estimate of drug-likeness (QED) is 0.0893. The summed E-state index contributed by atoms with van der Waals surface area (Å²) in [5.41, 5.74) is -5.75. The summed E-state index contributed by atoms with van der Waals surface area (Å²) in [7, 11) is 0. The van der Waals surface area contributed by atoms with Crippen LogP contribution in [0.4, 0.5) is 87.8 Å². The molecule has 2 aromatic heterocycles. The molecule has 1 aliphatic rings. The molecular formula is C40H26F20N10. The molecule has 0 amide bonds. The molecule has 0 atom stereocenters. The molecule has 4 bridgehead atoms. The maximum absolute atomic E-state index is 15.0. The number of fused-ring (bicyclic) bond motifs is 4. The Morgan fingerprint density at radius 3 is 0.671 bits per heavy atom. The van der Waals surface area contributed by atoms with Crippen molar-refractivity contribution < 1.29 is 87.8 Å². The number of hydrogen-bond acceptors (Lipinski definition) is 8. The molecule has 4 aromatic carbocycles. The Hall–Kier alpha value is -6.40. The van der Waals surface area contributed by atoms with Gasteiger partial charge in [-0.25, -0.2) is 97.8 Å². The molecular weight excluding hydrogens is 1000 g/mol. The second-order valence-corrected chi connectivity index (χ2v) is 15.4. The van der Waals surface area contributed by atoms with Gasteiger partial charge in [0.25, 0.3) is 0 Å². The fourth-order valence-corrected chi connectivity index (χ4v) is 7.25. The maximum atomic E-state index is 15.0. The van der Waals surface area contributed by atoms with Gasteiger partial charge in [-0.2, -0.15) is 10.2 Å². The Morgan fingerprint density at radius 1 is 0.271 bits per heavy atom. The van der Waals surface area contributed by atoms with E-state index in [1.54, 1.807) is 0 Å². The number of halogens is 20. The monoisotopic (exact) mass is 1030 g/mol. The van der Waals surface area contributed by atoms with Crippen molar-refractivity contribution >= 4 is 0 Å². The van der Waals surface area contributed by atoms with E-state index in [2.05, 4.69) is 30.4 Å². The van der Waals surface area contributed by atoms with Crippen LogP contribution in [0.25, 0.3) is 0 Å². The van der Waals surface area contributed by atoms with Crippen molar-refractivity contribution in [2.75, 3.05) is 26.2 Å². The molecule has 70 heavy (non-hydrogen) atoms. The number of benzene rings is 4. The highest BCUT2D eigenvalue weighted by molar-refractivity contribution is 5.27. The van der Waals surface area contributed by atoms with Crippen molar-refractivity contribution in [3.63, 3.8) is 0 Å². The standard InChI is InChI=1S/C40H26F20N10/c41-21-13(22(42)30(50)37(57)29(21)49)5-67-1-2-68(6-14-23(43)31(51)38(58)32(52)24(14)44)10-18-62-20(66-64-18)12-70(8-16-27(47)35(55)40(60)36(56)28(16)48)4-3-69(11-19-61-17(9-67)63-65-19)7-15-25(45)33(53)39(59)34(54)26(15)46/h1-12H2,(H,61,63,65)(H,62,64,66). The first kappa shape index (κ1) is 51.5. The highest BCUT2D eigenvalue weighted by Gasteiger charge is 2.33. The van der Waals surface area contributed by atoms with Gasteiger partial charge in [0.05, 0.1) is 26.2 Å². The van der Waals surface area contributed by atoms with E-state index in [0.29, 0.717) is 0 Å². The van der Waals surface area contributed by atoms with Crippen LogP contribution in [0.3, 0.4) is 0 Å². The molecule has 2 N–H and O–H groups in total. The first-order valence-corrected chi connectivity index (χ1v) is 19.7. The third-order valence-electron chi connectivity index (χ3n) is 10.8. The minimum atomic E-state index is -2.53. The number of hydrogen-bond donors (Lipinski definition) is 2. The molecule has 376 valence electrons. The van der Waals surface area contributed by atoms with E-state index in [9.17, 15) is 52.7 Å². The molecule has 6 aromatic rings. The van der Waals surface area contributed by atoms with Gasteiger partial charge >= 0.3 is 0 Å². The number of nitrogens with one attached hydrogen (secondary N) is 2. The van der Waals surface area contributed by atoms with Crippen molar-refractivity contribution in [3.8, 4) is 0 Å². The summed E-state index contributed by atoms with van der Waals surface area (Å²) >= 11 is 0. The van der Waals surface area contributed by atoms with Crippen LogP contribution in [0, 0.1) is 116 Å². The Kier molecular flexibility index (Phi) is 15.1. The van der Waals surface area contributed by atoms with Crippen LogP contribution in [-0.2, 0) is 52.4 Å². The van der Waals surface area contributed by atoms with E-state index in [0.717, 1.165) is 19.6 Å². The summed E-state index contributed by atoms with van der Waals surface area (Å²) in [5, 5.41) is 12.4. The van der Waals surface area contributed by atoms with Crippen molar-refractivity contribution in [2.45, 2.75) is 52.4 Å². The van der Waals surface area contributed by atoms with Gasteiger partial charge in [-0.15, -0.1) is 0 Å². The van der Waals surface area contributed by atoms with E-state index in [1.807, 2.05) is 0 Å². The Morgan fingerprint density at radius 2 is 0.457 bits per heavy atom. The fraction of sp³-hybridized carbons (Fsp3) is 0.300. The largest absolute Gasteiger partial charge is 0.290 e. The highest BCUT2D eigenvalue weighted by atomic mass is 19.2. The normalized spacial score (nSPS) is 15.3. The molecule has 30 heteroatoms. The lowest BCUT2D eigenvalue weighted by atomic mass is 10.1. The second kappa shape index (κ2) is 20.5. The summed E-state index contributed by atoms with van der Waals surface area (Å²) in [6.45, 7) is -10.6. The molecule has 0 aliphatic carbocycles. The lowest BCUT2D eigenvalue weighted by molar-refractivity contribution is 0.167. The van der Waals surface area contributed by atoms with E-state index < -0.39 is 229 Å². The molecule has 0 saturated carbocycles. The first-order chi connectivity index (χ1) is 33.0. The van der Waals surface area contributed by atoms with Crippen LogP contribution < -0.4 is 0 Å². The molecule has 0 saturated heterocycles. The molecule has 0 spiro atoms.